The van der Waals surface area contributed by atoms with E-state index in [2.05, 4.69) is 4.98 Å². The van der Waals surface area contributed by atoms with E-state index in [-0.39, 0.29) is 41.9 Å². The molecule has 12 heteroatoms. The van der Waals surface area contributed by atoms with Crippen molar-refractivity contribution >= 4 is 39.1 Å². The molecule has 9 nitrogen and oxygen atoms in total. The first-order chi connectivity index (χ1) is 14.2. The Bertz CT molecular complexity index is 1050. The van der Waals surface area contributed by atoms with Gasteiger partial charge in [-0.25, -0.2) is 23.4 Å². The average molecular weight is 456 g/mol. The number of benzene rings is 1. The number of carbonyl (C=O) groups is 2. The summed E-state index contributed by atoms with van der Waals surface area (Å²) in [6.45, 7) is 0.155. The Morgan fingerprint density at radius 1 is 1.23 bits per heavy atom. The third-order valence-corrected chi connectivity index (χ3v) is 6.49. The molecule has 0 atom stereocenters. The number of nitrogens with zero attached hydrogens (tertiary/aromatic N) is 3. The van der Waals surface area contributed by atoms with Gasteiger partial charge < -0.3 is 4.90 Å². The summed E-state index contributed by atoms with van der Waals surface area (Å²) in [7, 11) is -3.17. The van der Waals surface area contributed by atoms with Crippen LogP contribution in [0.3, 0.4) is 0 Å². The van der Waals surface area contributed by atoms with Gasteiger partial charge in [-0.1, -0.05) is 17.7 Å². The lowest BCUT2D eigenvalue weighted by Crippen LogP contribution is -2.49. The normalized spacial score (nSPS) is 15.5. The molecule has 1 aliphatic rings. The van der Waals surface area contributed by atoms with Gasteiger partial charge in [0.25, 0.3) is 5.91 Å². The second-order valence-corrected chi connectivity index (χ2v) is 9.34. The lowest BCUT2D eigenvalue weighted by atomic mass is 10.2. The number of sulfone groups is 1. The molecule has 0 bridgehead atoms. The summed E-state index contributed by atoms with van der Waals surface area (Å²) in [4.78, 5) is 31.5. The fourth-order valence-corrected chi connectivity index (χ4v) is 4.28. The van der Waals surface area contributed by atoms with Crippen molar-refractivity contribution in [3.8, 4) is 0 Å². The zero-order valence-corrected chi connectivity index (χ0v) is 17.3. The molecule has 0 saturated carbocycles. The van der Waals surface area contributed by atoms with E-state index in [1.807, 2.05) is 5.43 Å². The molecule has 1 fully saturated rings. The Morgan fingerprint density at radius 3 is 2.50 bits per heavy atom. The molecule has 1 aromatic heterocycles. The van der Waals surface area contributed by atoms with Gasteiger partial charge >= 0.3 is 6.03 Å². The first-order valence-corrected chi connectivity index (χ1v) is 11.1. The highest BCUT2D eigenvalue weighted by atomic mass is 35.5. The maximum absolute atomic E-state index is 13.6. The Morgan fingerprint density at radius 2 is 1.93 bits per heavy atom. The van der Waals surface area contributed by atoms with E-state index in [9.17, 15) is 22.4 Å². The number of aromatic nitrogens is 1. The molecule has 1 saturated heterocycles. The van der Waals surface area contributed by atoms with Crippen LogP contribution in [0.25, 0.3) is 0 Å². The fraction of sp³-hybridized carbons (Fsp3) is 0.278. The van der Waals surface area contributed by atoms with Crippen molar-refractivity contribution in [2.45, 2.75) is 6.54 Å². The number of pyridine rings is 1. The van der Waals surface area contributed by atoms with Crippen LogP contribution < -0.4 is 16.2 Å². The molecular formula is C18H19ClFN5O4S. The van der Waals surface area contributed by atoms with Gasteiger partial charge in [0.1, 0.15) is 11.5 Å². The molecule has 0 aliphatic carbocycles. The van der Waals surface area contributed by atoms with Gasteiger partial charge in [-0.05, 0) is 29.8 Å². The van der Waals surface area contributed by atoms with Gasteiger partial charge in [0.05, 0.1) is 23.1 Å². The summed E-state index contributed by atoms with van der Waals surface area (Å²) in [5.41, 5.74) is 3.00. The molecule has 1 aliphatic heterocycles. The monoisotopic (exact) mass is 455 g/mol. The van der Waals surface area contributed by atoms with Crippen molar-refractivity contribution in [1.29, 1.82) is 0 Å². The molecule has 1 aromatic carbocycles. The second kappa shape index (κ2) is 8.94. The van der Waals surface area contributed by atoms with Crippen LogP contribution in [0.2, 0.25) is 5.02 Å². The van der Waals surface area contributed by atoms with Gasteiger partial charge in [0, 0.05) is 25.0 Å². The highest BCUT2D eigenvalue weighted by molar-refractivity contribution is 7.91. The summed E-state index contributed by atoms with van der Waals surface area (Å²) in [5, 5.41) is -0.153. The summed E-state index contributed by atoms with van der Waals surface area (Å²) in [5.74, 6) is 3.65. The predicted molar refractivity (Wildman–Crippen MR) is 109 cm³/mol. The number of halogens is 2. The van der Waals surface area contributed by atoms with Crippen LogP contribution in [0, 0.1) is 5.82 Å². The summed E-state index contributed by atoms with van der Waals surface area (Å²) in [6.07, 6.45) is 1.41. The second-order valence-electron chi connectivity index (χ2n) is 6.63. The number of carbonyl (C=O) groups excluding carboxylic acids is 2. The zero-order valence-electron chi connectivity index (χ0n) is 15.7. The molecule has 0 spiro atoms. The minimum atomic E-state index is -3.17. The zero-order chi connectivity index (χ0) is 21.9. The number of nitrogen functional groups attached to an aromatic ring is 1. The van der Waals surface area contributed by atoms with E-state index in [0.717, 1.165) is 6.07 Å². The van der Waals surface area contributed by atoms with E-state index in [1.165, 1.54) is 34.2 Å². The van der Waals surface area contributed by atoms with Crippen LogP contribution in [-0.4, -0.2) is 54.8 Å². The van der Waals surface area contributed by atoms with Crippen molar-refractivity contribution in [3.63, 3.8) is 0 Å². The summed E-state index contributed by atoms with van der Waals surface area (Å²) < 4.78 is 37.0. The maximum Gasteiger partial charge on any atom is 0.324 e. The SMILES string of the molecule is NNC(=O)c1ccc(CN(C(=O)N2CCS(=O)(=O)CC2)c2ccc(F)c(Cl)c2)cn1. The Kier molecular flexibility index (Phi) is 6.54. The number of hydrogen-bond donors (Lipinski definition) is 2. The van der Waals surface area contributed by atoms with Gasteiger partial charge in [-0.3, -0.25) is 20.1 Å². The summed E-state index contributed by atoms with van der Waals surface area (Å²) in [6, 6.07) is 6.47. The number of nitrogens with two attached hydrogens (primary N) is 1. The van der Waals surface area contributed by atoms with Crippen LogP contribution in [0.4, 0.5) is 14.9 Å². The van der Waals surface area contributed by atoms with Gasteiger partial charge in [0.2, 0.25) is 0 Å². The maximum atomic E-state index is 13.6. The molecule has 3 N–H and O–H groups in total. The Labute approximate surface area is 177 Å². The number of anilines is 1. The molecule has 30 heavy (non-hydrogen) atoms. The lowest BCUT2D eigenvalue weighted by molar-refractivity contribution is 0.0948. The average Bonchev–Trinajstić information content (AvgIpc) is 2.73. The molecule has 2 aromatic rings. The highest BCUT2D eigenvalue weighted by Gasteiger charge is 2.29. The van der Waals surface area contributed by atoms with Crippen LogP contribution >= 0.6 is 11.6 Å². The quantitative estimate of drug-likeness (QED) is 0.407. The smallest absolute Gasteiger partial charge is 0.322 e. The predicted octanol–water partition coefficient (Wildman–Crippen LogP) is 1.33. The molecule has 3 rings (SSSR count). The van der Waals surface area contributed by atoms with Crippen molar-refractivity contribution < 1.29 is 22.4 Å². The minimum absolute atomic E-state index is 0.0432. The molecule has 160 valence electrons. The number of rotatable bonds is 4. The molecule has 3 amide bonds. The van der Waals surface area contributed by atoms with Crippen LogP contribution in [0.15, 0.2) is 36.5 Å². The first-order valence-electron chi connectivity index (χ1n) is 8.88. The largest absolute Gasteiger partial charge is 0.324 e. The van der Waals surface area contributed by atoms with E-state index in [0.29, 0.717) is 11.3 Å². The van der Waals surface area contributed by atoms with Crippen molar-refractivity contribution in [1.82, 2.24) is 15.3 Å². The molecular weight excluding hydrogens is 437 g/mol. The van der Waals surface area contributed by atoms with Crippen molar-refractivity contribution in [2.24, 2.45) is 5.84 Å². The number of urea groups is 1. The Balaban J connectivity index is 1.88. The van der Waals surface area contributed by atoms with E-state index in [4.69, 9.17) is 17.4 Å². The third kappa shape index (κ3) is 5.04. The van der Waals surface area contributed by atoms with Gasteiger partial charge in [-0.15, -0.1) is 0 Å². The number of amides is 3. The van der Waals surface area contributed by atoms with Crippen LogP contribution in [-0.2, 0) is 16.4 Å². The van der Waals surface area contributed by atoms with Crippen LogP contribution in [0.1, 0.15) is 16.1 Å². The lowest BCUT2D eigenvalue weighted by Gasteiger charge is -2.33. The van der Waals surface area contributed by atoms with Crippen molar-refractivity contribution in [2.75, 3.05) is 29.5 Å². The number of hydrogen-bond acceptors (Lipinski definition) is 6. The van der Waals surface area contributed by atoms with E-state index >= 15 is 0 Å². The van der Waals surface area contributed by atoms with Gasteiger partial charge in [0.15, 0.2) is 9.84 Å². The van der Waals surface area contributed by atoms with Crippen molar-refractivity contribution in [3.05, 3.63) is 58.6 Å². The highest BCUT2D eigenvalue weighted by Crippen LogP contribution is 2.25. The number of hydrazine groups is 1. The number of nitrogens with one attached hydrogen (secondary N) is 1. The minimum Gasteiger partial charge on any atom is -0.322 e. The standard InChI is InChI=1S/C18H19ClFN5O4S/c19-14-9-13(2-3-15(14)20)25(18(27)24-5-7-30(28,29)8-6-24)11-12-1-4-16(22-10-12)17(26)23-21/h1-4,9-10H,5-8,11,21H2,(H,23,26). The van der Waals surface area contributed by atoms with E-state index in [1.54, 1.807) is 6.07 Å². The molecule has 2 heterocycles. The van der Waals surface area contributed by atoms with E-state index < -0.39 is 27.6 Å². The third-order valence-electron chi connectivity index (χ3n) is 4.59. The summed E-state index contributed by atoms with van der Waals surface area (Å²) >= 11 is 5.89. The van der Waals surface area contributed by atoms with Crippen LogP contribution in [0.5, 0.6) is 0 Å². The fourth-order valence-electron chi connectivity index (χ4n) is 2.91. The topological polar surface area (TPSA) is 126 Å². The first kappa shape index (κ1) is 21.9. The van der Waals surface area contributed by atoms with Gasteiger partial charge in [-0.2, -0.15) is 0 Å². The Hall–Kier alpha value is -2.76. The molecule has 0 unspecified atom stereocenters. The molecule has 0 radical (unpaired) electrons.